The van der Waals surface area contributed by atoms with E-state index in [0.29, 0.717) is 6.54 Å². The summed E-state index contributed by atoms with van der Waals surface area (Å²) in [6.45, 7) is 5.67. The van der Waals surface area contributed by atoms with Gasteiger partial charge in [0.25, 0.3) is 5.91 Å². The van der Waals surface area contributed by atoms with E-state index in [1.54, 1.807) is 20.8 Å². The summed E-state index contributed by atoms with van der Waals surface area (Å²) in [5.74, 6) is -1.11. The first-order valence-corrected chi connectivity index (χ1v) is 10.5. The second-order valence-corrected chi connectivity index (χ2v) is 9.76. The zero-order valence-electron chi connectivity index (χ0n) is 17.1. The monoisotopic (exact) mass is 433 g/mol. The Labute approximate surface area is 171 Å². The van der Waals surface area contributed by atoms with E-state index in [9.17, 15) is 18.0 Å². The second kappa shape index (κ2) is 9.69. The fourth-order valence-electron chi connectivity index (χ4n) is 2.23. The molecule has 0 bridgehead atoms. The summed E-state index contributed by atoms with van der Waals surface area (Å²) >= 11 is 6.14. The molecular weight excluding hydrogens is 406 g/mol. The minimum absolute atomic E-state index is 0.000284. The summed E-state index contributed by atoms with van der Waals surface area (Å²) in [6.07, 6.45) is 0. The summed E-state index contributed by atoms with van der Waals surface area (Å²) in [6, 6.07) is 3.85. The molecule has 0 aliphatic heterocycles. The Morgan fingerprint density at radius 3 is 2.29 bits per heavy atom. The van der Waals surface area contributed by atoms with Gasteiger partial charge in [0.1, 0.15) is 12.1 Å². The molecule has 0 aliphatic carbocycles. The minimum Gasteiger partial charge on any atom is -0.459 e. The Kier molecular flexibility index (Phi) is 8.43. The Morgan fingerprint density at radius 2 is 1.79 bits per heavy atom. The van der Waals surface area contributed by atoms with Crippen LogP contribution in [0.1, 0.15) is 31.1 Å². The maximum atomic E-state index is 13.0. The number of benzene rings is 1. The van der Waals surface area contributed by atoms with Crippen molar-refractivity contribution in [2.75, 3.05) is 40.8 Å². The highest BCUT2D eigenvalue weighted by atomic mass is 35.5. The van der Waals surface area contributed by atoms with Crippen molar-refractivity contribution in [3.8, 4) is 0 Å². The second-order valence-electron chi connectivity index (χ2n) is 7.47. The predicted octanol–water partition coefficient (Wildman–Crippen LogP) is 1.59. The van der Waals surface area contributed by atoms with Gasteiger partial charge in [-0.25, -0.2) is 13.1 Å². The van der Waals surface area contributed by atoms with E-state index in [1.165, 1.54) is 30.1 Å². The van der Waals surface area contributed by atoms with Gasteiger partial charge in [-0.1, -0.05) is 11.6 Å². The fourth-order valence-corrected chi connectivity index (χ4v) is 3.18. The first-order valence-electron chi connectivity index (χ1n) is 8.66. The third-order valence-corrected chi connectivity index (χ3v) is 5.33. The molecule has 0 spiro atoms. The third kappa shape index (κ3) is 7.38. The van der Waals surface area contributed by atoms with Crippen LogP contribution in [0.15, 0.2) is 23.1 Å². The zero-order valence-corrected chi connectivity index (χ0v) is 18.6. The molecule has 0 aromatic heterocycles. The minimum atomic E-state index is -3.75. The first-order chi connectivity index (χ1) is 12.8. The van der Waals surface area contributed by atoms with E-state index in [0.717, 1.165) is 0 Å². The molecule has 1 aromatic rings. The van der Waals surface area contributed by atoms with Crippen molar-refractivity contribution in [3.63, 3.8) is 0 Å². The van der Waals surface area contributed by atoms with Crippen LogP contribution in [0.5, 0.6) is 0 Å². The molecule has 0 atom stereocenters. The number of carbonyl (C=O) groups excluding carboxylic acids is 2. The number of nitrogens with zero attached hydrogens (tertiary/aromatic N) is 2. The Bertz CT molecular complexity index is 819. The predicted molar refractivity (Wildman–Crippen MR) is 108 cm³/mol. The number of halogens is 1. The van der Waals surface area contributed by atoms with Crippen LogP contribution in [-0.4, -0.2) is 76.5 Å². The highest BCUT2D eigenvalue weighted by Crippen LogP contribution is 2.22. The maximum Gasteiger partial charge on any atom is 0.326 e. The van der Waals surface area contributed by atoms with Crippen molar-refractivity contribution in [3.05, 3.63) is 28.8 Å². The SMILES string of the molecule is CNS(=O)(=O)c1ccc(Cl)c(C(=O)N(CCN(C)C)CC(=O)OC(C)(C)C)c1. The first kappa shape index (κ1) is 24.4. The summed E-state index contributed by atoms with van der Waals surface area (Å²) < 4.78 is 31.6. The summed E-state index contributed by atoms with van der Waals surface area (Å²) in [5, 5.41) is 0.0964. The van der Waals surface area contributed by atoms with Crippen LogP contribution in [0.3, 0.4) is 0 Å². The van der Waals surface area contributed by atoms with Crippen LogP contribution in [0.25, 0.3) is 0 Å². The van der Waals surface area contributed by atoms with Crippen molar-refractivity contribution in [1.29, 1.82) is 0 Å². The number of ether oxygens (including phenoxy) is 1. The Balaban J connectivity index is 3.21. The van der Waals surface area contributed by atoms with E-state index in [2.05, 4.69) is 4.72 Å². The lowest BCUT2D eigenvalue weighted by atomic mass is 10.2. The molecular formula is C18H28ClN3O5S. The van der Waals surface area contributed by atoms with E-state index in [-0.39, 0.29) is 28.6 Å². The van der Waals surface area contributed by atoms with E-state index >= 15 is 0 Å². The van der Waals surface area contributed by atoms with E-state index < -0.39 is 27.5 Å². The van der Waals surface area contributed by atoms with Gasteiger partial charge in [-0.15, -0.1) is 0 Å². The van der Waals surface area contributed by atoms with Gasteiger partial charge in [-0.3, -0.25) is 9.59 Å². The molecule has 1 aromatic carbocycles. The topological polar surface area (TPSA) is 96.0 Å². The average molecular weight is 434 g/mol. The van der Waals surface area contributed by atoms with Crippen molar-refractivity contribution in [2.24, 2.45) is 0 Å². The number of rotatable bonds is 8. The molecule has 0 radical (unpaired) electrons. The van der Waals surface area contributed by atoms with E-state index in [1.807, 2.05) is 19.0 Å². The van der Waals surface area contributed by atoms with Gasteiger partial charge in [0, 0.05) is 13.1 Å². The maximum absolute atomic E-state index is 13.0. The van der Waals surface area contributed by atoms with Gasteiger partial charge >= 0.3 is 5.97 Å². The number of esters is 1. The molecule has 1 rings (SSSR count). The van der Waals surface area contributed by atoms with Gasteiger partial charge in [-0.05, 0) is 60.1 Å². The van der Waals surface area contributed by atoms with Gasteiger partial charge < -0.3 is 14.5 Å². The number of likely N-dealkylation sites (N-methyl/N-ethyl adjacent to an activating group) is 1. The lowest BCUT2D eigenvalue weighted by Gasteiger charge is -2.26. The summed E-state index contributed by atoms with van der Waals surface area (Å²) in [7, 11) is 1.20. The number of carbonyl (C=O) groups is 2. The molecule has 1 amide bonds. The van der Waals surface area contributed by atoms with Gasteiger partial charge in [0.15, 0.2) is 0 Å². The lowest BCUT2D eigenvalue weighted by Crippen LogP contribution is -2.42. The lowest BCUT2D eigenvalue weighted by molar-refractivity contribution is -0.155. The van der Waals surface area contributed by atoms with Gasteiger partial charge in [0.05, 0.1) is 15.5 Å². The highest BCUT2D eigenvalue weighted by Gasteiger charge is 2.25. The number of sulfonamides is 1. The number of hydrogen-bond donors (Lipinski definition) is 1. The van der Waals surface area contributed by atoms with Gasteiger partial charge in [-0.2, -0.15) is 0 Å². The quantitative estimate of drug-likeness (QED) is 0.625. The van der Waals surface area contributed by atoms with Gasteiger partial charge in [0.2, 0.25) is 10.0 Å². The van der Waals surface area contributed by atoms with Crippen molar-refractivity contribution >= 4 is 33.5 Å². The Hall–Kier alpha value is -1.68. The van der Waals surface area contributed by atoms with Crippen LogP contribution < -0.4 is 4.72 Å². The van der Waals surface area contributed by atoms with E-state index in [4.69, 9.17) is 16.3 Å². The van der Waals surface area contributed by atoms with Crippen molar-refractivity contribution in [1.82, 2.24) is 14.5 Å². The standard InChI is InChI=1S/C18H28ClN3O5S/c1-18(2,3)27-16(23)12-22(10-9-21(5)6)17(24)14-11-13(7-8-15(14)19)28(25,26)20-4/h7-8,11,20H,9-10,12H2,1-6H3. The number of amides is 1. The highest BCUT2D eigenvalue weighted by molar-refractivity contribution is 7.89. The average Bonchev–Trinajstić information content (AvgIpc) is 2.56. The number of nitrogens with one attached hydrogen (secondary N) is 1. The van der Waals surface area contributed by atoms with Crippen LogP contribution in [0.2, 0.25) is 5.02 Å². The van der Waals surface area contributed by atoms with Crippen LogP contribution in [0, 0.1) is 0 Å². The fraction of sp³-hybridized carbons (Fsp3) is 0.556. The van der Waals surface area contributed by atoms with Crippen molar-refractivity contribution in [2.45, 2.75) is 31.3 Å². The smallest absolute Gasteiger partial charge is 0.326 e. The summed E-state index contributed by atoms with van der Waals surface area (Å²) in [4.78, 5) is 28.4. The molecule has 0 saturated heterocycles. The third-order valence-electron chi connectivity index (χ3n) is 3.59. The normalized spacial score (nSPS) is 12.1. The molecule has 8 nitrogen and oxygen atoms in total. The molecule has 1 N–H and O–H groups in total. The molecule has 10 heteroatoms. The molecule has 28 heavy (non-hydrogen) atoms. The van der Waals surface area contributed by atoms with Crippen LogP contribution in [0.4, 0.5) is 0 Å². The molecule has 0 heterocycles. The molecule has 158 valence electrons. The summed E-state index contributed by atoms with van der Waals surface area (Å²) in [5.41, 5.74) is -0.688. The van der Waals surface area contributed by atoms with Crippen LogP contribution >= 0.6 is 11.6 Å². The van der Waals surface area contributed by atoms with Crippen LogP contribution in [-0.2, 0) is 19.6 Å². The molecule has 0 saturated carbocycles. The zero-order chi connectivity index (χ0) is 21.7. The molecule has 0 unspecified atom stereocenters. The number of hydrogen-bond acceptors (Lipinski definition) is 6. The molecule has 0 fully saturated rings. The largest absolute Gasteiger partial charge is 0.459 e. The van der Waals surface area contributed by atoms with Crippen molar-refractivity contribution < 1.29 is 22.7 Å². The Morgan fingerprint density at radius 1 is 1.18 bits per heavy atom. The molecule has 0 aliphatic rings.